The molecule has 43 heavy (non-hydrogen) atoms. The molecule has 2 heterocycles. The molecule has 228 valence electrons. The van der Waals surface area contributed by atoms with Crippen LogP contribution >= 0.6 is 10.8 Å². The first-order chi connectivity index (χ1) is 20.2. The monoisotopic (exact) mass is 642 g/mol. The molecule has 0 saturated carbocycles. The van der Waals surface area contributed by atoms with Gasteiger partial charge in [0.1, 0.15) is 27.8 Å². The lowest BCUT2D eigenvalue weighted by molar-refractivity contribution is -0.227. The fourth-order valence-corrected chi connectivity index (χ4v) is 7.45. The first-order valence-electron chi connectivity index (χ1n) is 12.4. The van der Waals surface area contributed by atoms with Gasteiger partial charge in [-0.15, -0.1) is 10.8 Å². The molecule has 17 heteroatoms. The number of alkyl halides is 3. The summed E-state index contributed by atoms with van der Waals surface area (Å²) < 4.78 is 104. The maximum Gasteiger partial charge on any atom is 0.492 e. The highest BCUT2D eigenvalue weighted by molar-refractivity contribution is 8.23. The quantitative estimate of drug-likeness (QED) is 0.156. The van der Waals surface area contributed by atoms with Gasteiger partial charge in [-0.05, 0) is 46.3 Å². The van der Waals surface area contributed by atoms with Gasteiger partial charge in [0.25, 0.3) is 10.0 Å². The Hall–Kier alpha value is -4.03. The highest BCUT2D eigenvalue weighted by atomic mass is 32.3. The SMILES string of the molecule is O=C1CC(c2ccc(C[C@@H](c3nc4ccccc4[nH]3)N(OC(=O)C(F)(F)F)S(=O)(=O)c3ccccc3F)cc2)S(O)(O)N1. The molecule has 0 aliphatic carbocycles. The van der Waals surface area contributed by atoms with Gasteiger partial charge in [-0.3, -0.25) is 18.6 Å². The van der Waals surface area contributed by atoms with Crippen molar-refractivity contribution in [2.24, 2.45) is 0 Å². The zero-order valence-corrected chi connectivity index (χ0v) is 23.3. The summed E-state index contributed by atoms with van der Waals surface area (Å²) in [6.07, 6.45) is -6.26. The molecular formula is C26H22F4N4O7S2. The Morgan fingerprint density at radius 1 is 1.07 bits per heavy atom. The van der Waals surface area contributed by atoms with Crippen LogP contribution in [0.15, 0.2) is 77.7 Å². The van der Waals surface area contributed by atoms with Crippen LogP contribution in [0.1, 0.15) is 34.7 Å². The van der Waals surface area contributed by atoms with E-state index in [1.807, 2.05) is 0 Å². The minimum atomic E-state index is -5.61. The van der Waals surface area contributed by atoms with E-state index >= 15 is 0 Å². The van der Waals surface area contributed by atoms with Crippen molar-refractivity contribution in [3.05, 3.63) is 95.6 Å². The normalized spacial score (nSPS) is 18.4. The summed E-state index contributed by atoms with van der Waals surface area (Å²) in [7, 11) is -8.77. The number of halogens is 4. The minimum Gasteiger partial charge on any atom is -0.344 e. The van der Waals surface area contributed by atoms with Crippen LogP contribution in [0.3, 0.4) is 0 Å². The van der Waals surface area contributed by atoms with Gasteiger partial charge in [-0.1, -0.05) is 48.5 Å². The van der Waals surface area contributed by atoms with Gasteiger partial charge in [0.15, 0.2) is 0 Å². The number of aromatic nitrogens is 2. The second-order valence-electron chi connectivity index (χ2n) is 9.48. The summed E-state index contributed by atoms with van der Waals surface area (Å²) in [4.78, 5) is 34.3. The molecule has 1 unspecified atom stereocenters. The third-order valence-electron chi connectivity index (χ3n) is 6.55. The van der Waals surface area contributed by atoms with E-state index in [1.54, 1.807) is 24.3 Å². The number of carbonyl (C=O) groups excluding carboxylic acids is 2. The number of imidazole rings is 1. The number of sulfonamides is 1. The van der Waals surface area contributed by atoms with Crippen LogP contribution in [0.25, 0.3) is 11.0 Å². The van der Waals surface area contributed by atoms with Gasteiger partial charge in [-0.2, -0.15) is 13.2 Å². The summed E-state index contributed by atoms with van der Waals surface area (Å²) >= 11 is 0. The zero-order valence-electron chi connectivity index (χ0n) is 21.7. The second kappa shape index (κ2) is 11.2. The highest BCUT2D eigenvalue weighted by Gasteiger charge is 2.48. The van der Waals surface area contributed by atoms with Crippen molar-refractivity contribution in [3.63, 3.8) is 0 Å². The number of amides is 1. The van der Waals surface area contributed by atoms with Crippen molar-refractivity contribution in [2.75, 3.05) is 0 Å². The van der Waals surface area contributed by atoms with E-state index in [0.29, 0.717) is 16.6 Å². The third kappa shape index (κ3) is 6.21. The molecule has 0 bridgehead atoms. The lowest BCUT2D eigenvalue weighted by Crippen LogP contribution is -2.42. The van der Waals surface area contributed by atoms with Gasteiger partial charge < -0.3 is 9.82 Å². The first kappa shape index (κ1) is 30.4. The van der Waals surface area contributed by atoms with Crippen LogP contribution in [0.4, 0.5) is 17.6 Å². The average Bonchev–Trinajstić information content (AvgIpc) is 3.49. The Morgan fingerprint density at radius 3 is 2.33 bits per heavy atom. The molecule has 1 aliphatic rings. The molecule has 1 amide bonds. The van der Waals surface area contributed by atoms with E-state index in [1.165, 1.54) is 30.3 Å². The number of nitrogens with zero attached hydrogens (tertiary/aromatic N) is 2. The zero-order chi connectivity index (χ0) is 31.2. The highest BCUT2D eigenvalue weighted by Crippen LogP contribution is 2.56. The van der Waals surface area contributed by atoms with Crippen molar-refractivity contribution in [1.29, 1.82) is 0 Å². The van der Waals surface area contributed by atoms with E-state index in [4.69, 9.17) is 0 Å². The van der Waals surface area contributed by atoms with Crippen molar-refractivity contribution >= 4 is 43.7 Å². The molecule has 0 spiro atoms. The molecular weight excluding hydrogens is 620 g/mol. The Morgan fingerprint density at radius 2 is 1.72 bits per heavy atom. The molecule has 2 atom stereocenters. The predicted molar refractivity (Wildman–Crippen MR) is 145 cm³/mol. The maximum atomic E-state index is 14.7. The predicted octanol–water partition coefficient (Wildman–Crippen LogP) is 4.92. The van der Waals surface area contributed by atoms with Gasteiger partial charge in [0.05, 0.1) is 17.5 Å². The van der Waals surface area contributed by atoms with E-state index in [2.05, 4.69) is 19.5 Å². The minimum absolute atomic E-state index is 0.203. The van der Waals surface area contributed by atoms with E-state index in [0.717, 1.165) is 18.2 Å². The number of aromatic amines is 1. The maximum absolute atomic E-state index is 14.7. The van der Waals surface area contributed by atoms with Crippen LogP contribution in [-0.4, -0.2) is 50.0 Å². The number of hydrogen-bond acceptors (Lipinski definition) is 8. The number of para-hydroxylation sites is 2. The number of nitrogens with one attached hydrogen (secondary N) is 2. The van der Waals surface area contributed by atoms with E-state index in [9.17, 15) is 44.7 Å². The topological polar surface area (TPSA) is 162 Å². The molecule has 4 N–H and O–H groups in total. The standard InChI is InChI=1S/C26H22F4N4O7S2/c27-17-5-1-4-8-21(17)43(39,40)34(41-25(36)26(28,29)30)20(24-31-18-6-2-3-7-19(18)32-24)13-15-9-11-16(12-10-15)22-14-23(35)33-42(22,37)38/h1-12,20,22,37-38H,13-14H2,(H,31,32)(H,33,35)/t20-,22?/m0/s1. The molecule has 3 aromatic carbocycles. The Balaban J connectivity index is 1.61. The Kier molecular flexibility index (Phi) is 7.95. The van der Waals surface area contributed by atoms with Crippen molar-refractivity contribution in [2.45, 2.75) is 35.2 Å². The van der Waals surface area contributed by atoms with Crippen LogP contribution < -0.4 is 4.72 Å². The average molecular weight is 643 g/mol. The van der Waals surface area contributed by atoms with Crippen molar-refractivity contribution < 1.29 is 49.5 Å². The van der Waals surface area contributed by atoms with Gasteiger partial charge in [0.2, 0.25) is 5.91 Å². The molecule has 1 aliphatic heterocycles. The largest absolute Gasteiger partial charge is 0.492 e. The van der Waals surface area contributed by atoms with Crippen molar-refractivity contribution in [3.8, 4) is 0 Å². The Bertz CT molecular complexity index is 1760. The van der Waals surface area contributed by atoms with Crippen LogP contribution in [0.5, 0.6) is 0 Å². The molecule has 0 radical (unpaired) electrons. The number of hydroxylamine groups is 1. The first-order valence-corrected chi connectivity index (χ1v) is 15.4. The molecule has 5 rings (SSSR count). The fraction of sp³-hybridized carbons (Fsp3) is 0.192. The van der Waals surface area contributed by atoms with E-state index < -0.39 is 67.3 Å². The summed E-state index contributed by atoms with van der Waals surface area (Å²) in [5.41, 5.74) is 1.32. The van der Waals surface area contributed by atoms with Gasteiger partial charge in [-0.25, -0.2) is 22.6 Å². The van der Waals surface area contributed by atoms with E-state index in [-0.39, 0.29) is 22.3 Å². The van der Waals surface area contributed by atoms with Crippen molar-refractivity contribution in [1.82, 2.24) is 19.2 Å². The van der Waals surface area contributed by atoms with Crippen LogP contribution in [-0.2, 0) is 30.9 Å². The Labute approximate surface area is 243 Å². The molecule has 11 nitrogen and oxygen atoms in total. The summed E-state index contributed by atoms with van der Waals surface area (Å²) in [5, 5.41) is -0.967. The molecule has 1 saturated heterocycles. The summed E-state index contributed by atoms with van der Waals surface area (Å²) in [6, 6.07) is 14.2. The molecule has 1 aromatic heterocycles. The molecule has 1 fully saturated rings. The molecule has 4 aromatic rings. The summed E-state index contributed by atoms with van der Waals surface area (Å²) in [5.74, 6) is -4.96. The van der Waals surface area contributed by atoms with Gasteiger partial charge >= 0.3 is 12.1 Å². The number of H-pyrrole nitrogens is 1. The number of benzene rings is 3. The van der Waals surface area contributed by atoms with Crippen LogP contribution in [0, 0.1) is 5.82 Å². The smallest absolute Gasteiger partial charge is 0.344 e. The number of rotatable bonds is 8. The lowest BCUT2D eigenvalue weighted by Gasteiger charge is -2.33. The lowest BCUT2D eigenvalue weighted by atomic mass is 10.0. The second-order valence-corrected chi connectivity index (χ2v) is 13.2. The summed E-state index contributed by atoms with van der Waals surface area (Å²) in [6.45, 7) is 0. The van der Waals surface area contributed by atoms with Gasteiger partial charge in [0, 0.05) is 0 Å². The number of fused-ring (bicyclic) bond motifs is 1. The third-order valence-corrected chi connectivity index (χ3v) is 10.00. The number of hydrogen-bond donors (Lipinski definition) is 4. The number of carbonyl (C=O) groups is 2. The van der Waals surface area contributed by atoms with Crippen LogP contribution in [0.2, 0.25) is 0 Å². The fourth-order valence-electron chi connectivity index (χ4n) is 4.53.